The highest BCUT2D eigenvalue weighted by molar-refractivity contribution is 5.93. The SMILES string of the molecule is O=C(c1occc1COc1ccccc1)N1CCN(Cc2ccco2)CC1. The topological polar surface area (TPSA) is 59.1 Å². The molecule has 4 rings (SSSR count). The highest BCUT2D eigenvalue weighted by Crippen LogP contribution is 2.19. The van der Waals surface area contributed by atoms with Gasteiger partial charge in [0.1, 0.15) is 18.1 Å². The van der Waals surface area contributed by atoms with Gasteiger partial charge in [-0.1, -0.05) is 18.2 Å². The molecular formula is C21H22N2O4. The summed E-state index contributed by atoms with van der Waals surface area (Å²) in [5.74, 6) is 2.00. The summed E-state index contributed by atoms with van der Waals surface area (Å²) < 4.78 is 16.6. The normalized spacial score (nSPS) is 15.0. The first-order chi connectivity index (χ1) is 13.3. The largest absolute Gasteiger partial charge is 0.489 e. The minimum Gasteiger partial charge on any atom is -0.489 e. The molecule has 1 aliphatic heterocycles. The Kier molecular flexibility index (Phi) is 5.25. The standard InChI is InChI=1S/C21H22N2O4/c24-21(23-11-9-22(10-12-23)15-19-7-4-13-25-19)20-17(8-14-26-20)16-27-18-5-2-1-3-6-18/h1-8,13-14H,9-12,15-16H2. The molecule has 3 aromatic rings. The average molecular weight is 366 g/mol. The zero-order valence-corrected chi connectivity index (χ0v) is 15.0. The number of amides is 1. The van der Waals surface area contributed by atoms with Gasteiger partial charge in [-0.05, 0) is 30.3 Å². The molecule has 1 saturated heterocycles. The third-order valence-electron chi connectivity index (χ3n) is 4.70. The fourth-order valence-corrected chi connectivity index (χ4v) is 3.19. The van der Waals surface area contributed by atoms with Crippen molar-refractivity contribution in [3.05, 3.63) is 78.1 Å². The Labute approximate surface area is 157 Å². The predicted molar refractivity (Wildman–Crippen MR) is 99.4 cm³/mol. The molecule has 0 bridgehead atoms. The lowest BCUT2D eigenvalue weighted by atomic mass is 10.2. The summed E-state index contributed by atoms with van der Waals surface area (Å²) in [6.45, 7) is 4.02. The van der Waals surface area contributed by atoms with Gasteiger partial charge in [0.15, 0.2) is 5.76 Å². The van der Waals surface area contributed by atoms with Gasteiger partial charge >= 0.3 is 0 Å². The van der Waals surface area contributed by atoms with E-state index >= 15 is 0 Å². The molecule has 0 spiro atoms. The van der Waals surface area contributed by atoms with E-state index < -0.39 is 0 Å². The van der Waals surface area contributed by atoms with Crippen molar-refractivity contribution in [2.75, 3.05) is 26.2 Å². The van der Waals surface area contributed by atoms with Crippen molar-refractivity contribution in [1.82, 2.24) is 9.80 Å². The molecule has 0 aliphatic carbocycles. The van der Waals surface area contributed by atoms with Gasteiger partial charge in [0.05, 0.1) is 19.1 Å². The predicted octanol–water partition coefficient (Wildman–Crippen LogP) is 3.41. The van der Waals surface area contributed by atoms with Crippen molar-refractivity contribution in [3.63, 3.8) is 0 Å². The number of para-hydroxylation sites is 1. The fraction of sp³-hybridized carbons (Fsp3) is 0.286. The van der Waals surface area contributed by atoms with E-state index in [9.17, 15) is 4.79 Å². The maximum Gasteiger partial charge on any atom is 0.290 e. The molecule has 0 saturated carbocycles. The molecule has 1 amide bonds. The Hall–Kier alpha value is -2.99. The van der Waals surface area contributed by atoms with Gasteiger partial charge < -0.3 is 18.5 Å². The zero-order valence-electron chi connectivity index (χ0n) is 15.0. The summed E-state index contributed by atoms with van der Waals surface area (Å²) in [4.78, 5) is 17.0. The highest BCUT2D eigenvalue weighted by atomic mass is 16.5. The second-order valence-electron chi connectivity index (χ2n) is 6.52. The van der Waals surface area contributed by atoms with Gasteiger partial charge in [-0.2, -0.15) is 0 Å². The molecule has 0 N–H and O–H groups in total. The smallest absolute Gasteiger partial charge is 0.290 e. The lowest BCUT2D eigenvalue weighted by Gasteiger charge is -2.33. The number of carbonyl (C=O) groups excluding carboxylic acids is 1. The van der Waals surface area contributed by atoms with Gasteiger partial charge in [-0.25, -0.2) is 0 Å². The Morgan fingerprint density at radius 2 is 1.74 bits per heavy atom. The molecule has 1 aliphatic rings. The quantitative estimate of drug-likeness (QED) is 0.669. The van der Waals surface area contributed by atoms with E-state index in [1.807, 2.05) is 47.4 Å². The maximum atomic E-state index is 12.9. The van der Waals surface area contributed by atoms with Crippen LogP contribution < -0.4 is 4.74 Å². The molecule has 6 nitrogen and oxygen atoms in total. The van der Waals surface area contributed by atoms with Crippen molar-refractivity contribution >= 4 is 5.91 Å². The number of benzene rings is 1. The van der Waals surface area contributed by atoms with Gasteiger partial charge in [-0.3, -0.25) is 9.69 Å². The molecule has 3 heterocycles. The van der Waals surface area contributed by atoms with Crippen LogP contribution in [0.4, 0.5) is 0 Å². The van der Waals surface area contributed by atoms with Crippen LogP contribution in [0.1, 0.15) is 21.9 Å². The molecule has 2 aromatic heterocycles. The van der Waals surface area contributed by atoms with Crippen LogP contribution in [0.15, 0.2) is 69.9 Å². The van der Waals surface area contributed by atoms with Crippen LogP contribution in [0, 0.1) is 0 Å². The van der Waals surface area contributed by atoms with Crippen molar-refractivity contribution in [1.29, 1.82) is 0 Å². The number of hydrogen-bond donors (Lipinski definition) is 0. The summed E-state index contributed by atoms with van der Waals surface area (Å²) in [5, 5.41) is 0. The molecule has 27 heavy (non-hydrogen) atoms. The van der Waals surface area contributed by atoms with Gasteiger partial charge in [0.25, 0.3) is 5.91 Å². The summed E-state index contributed by atoms with van der Waals surface area (Å²) in [5.41, 5.74) is 0.766. The first-order valence-electron chi connectivity index (χ1n) is 9.08. The van der Waals surface area contributed by atoms with Gasteiger partial charge in [-0.15, -0.1) is 0 Å². The monoisotopic (exact) mass is 366 g/mol. The molecule has 1 aromatic carbocycles. The van der Waals surface area contributed by atoms with E-state index in [0.717, 1.165) is 36.7 Å². The second kappa shape index (κ2) is 8.14. The first-order valence-corrected chi connectivity index (χ1v) is 9.08. The number of piperazine rings is 1. The van der Waals surface area contributed by atoms with Gasteiger partial charge in [0, 0.05) is 31.7 Å². The van der Waals surface area contributed by atoms with Crippen molar-refractivity contribution in [2.45, 2.75) is 13.2 Å². The number of furan rings is 2. The third-order valence-corrected chi connectivity index (χ3v) is 4.70. The van der Waals surface area contributed by atoms with Crippen LogP contribution in [0.5, 0.6) is 5.75 Å². The highest BCUT2D eigenvalue weighted by Gasteiger charge is 2.26. The molecule has 140 valence electrons. The number of carbonyl (C=O) groups is 1. The zero-order chi connectivity index (χ0) is 18.5. The van der Waals surface area contributed by atoms with Crippen LogP contribution in [0.2, 0.25) is 0 Å². The van der Waals surface area contributed by atoms with Crippen molar-refractivity contribution in [2.24, 2.45) is 0 Å². The van der Waals surface area contributed by atoms with E-state index in [4.69, 9.17) is 13.6 Å². The van der Waals surface area contributed by atoms with Gasteiger partial charge in [0.2, 0.25) is 0 Å². The van der Waals surface area contributed by atoms with E-state index in [2.05, 4.69) is 4.90 Å². The number of ether oxygens (including phenoxy) is 1. The van der Waals surface area contributed by atoms with Crippen molar-refractivity contribution < 1.29 is 18.4 Å². The van der Waals surface area contributed by atoms with Crippen LogP contribution in [0.3, 0.4) is 0 Å². The van der Waals surface area contributed by atoms with Crippen molar-refractivity contribution in [3.8, 4) is 5.75 Å². The average Bonchev–Trinajstić information content (AvgIpc) is 3.39. The van der Waals surface area contributed by atoms with E-state index in [1.54, 1.807) is 18.6 Å². The molecule has 6 heteroatoms. The van der Waals surface area contributed by atoms with E-state index in [1.165, 1.54) is 0 Å². The second-order valence-corrected chi connectivity index (χ2v) is 6.52. The summed E-state index contributed by atoms with van der Waals surface area (Å²) in [7, 11) is 0. The third kappa shape index (κ3) is 4.23. The fourth-order valence-electron chi connectivity index (χ4n) is 3.19. The van der Waals surface area contributed by atoms with Crippen LogP contribution in [-0.2, 0) is 13.2 Å². The summed E-state index contributed by atoms with van der Waals surface area (Å²) >= 11 is 0. The number of nitrogens with zero attached hydrogens (tertiary/aromatic N) is 2. The number of hydrogen-bond acceptors (Lipinski definition) is 5. The molecule has 0 radical (unpaired) electrons. The van der Waals surface area contributed by atoms with Crippen LogP contribution in [-0.4, -0.2) is 41.9 Å². The van der Waals surface area contributed by atoms with Crippen LogP contribution in [0.25, 0.3) is 0 Å². The van der Waals surface area contributed by atoms with E-state index in [-0.39, 0.29) is 5.91 Å². The van der Waals surface area contributed by atoms with E-state index in [0.29, 0.717) is 25.5 Å². The summed E-state index contributed by atoms with van der Waals surface area (Å²) in [6.07, 6.45) is 3.23. The lowest BCUT2D eigenvalue weighted by Crippen LogP contribution is -2.48. The molecule has 0 unspecified atom stereocenters. The lowest BCUT2D eigenvalue weighted by molar-refractivity contribution is 0.0586. The maximum absolute atomic E-state index is 12.9. The number of rotatable bonds is 6. The first kappa shape index (κ1) is 17.4. The molecular weight excluding hydrogens is 344 g/mol. The molecule has 1 fully saturated rings. The van der Waals surface area contributed by atoms with Crippen LogP contribution >= 0.6 is 0 Å². The Morgan fingerprint density at radius 3 is 2.48 bits per heavy atom. The molecule has 0 atom stereocenters. The minimum absolute atomic E-state index is 0.0793. The Bertz CT molecular complexity index is 849. The summed E-state index contributed by atoms with van der Waals surface area (Å²) in [6, 6.07) is 15.2. The minimum atomic E-state index is -0.0793. The Balaban J connectivity index is 1.33. The Morgan fingerprint density at radius 1 is 0.926 bits per heavy atom.